The number of sulfonamides is 1. The van der Waals surface area contributed by atoms with Crippen molar-refractivity contribution < 1.29 is 17.6 Å². The molecule has 0 spiro atoms. The van der Waals surface area contributed by atoms with Crippen LogP contribution in [0.1, 0.15) is 16.1 Å². The standard InChI is InChI=1S/C18H23N3O4S/c1-15-4-6-16(7-5-15)26(23,24)21-12-10-20(11-13-21)9-8-19-18(22)17-3-2-14-25-17/h2-7,14H,8-13H2,1H3,(H,19,22). The number of hydrogen-bond acceptors (Lipinski definition) is 5. The Morgan fingerprint density at radius 2 is 1.81 bits per heavy atom. The van der Waals surface area contributed by atoms with E-state index in [-0.39, 0.29) is 5.91 Å². The van der Waals surface area contributed by atoms with Crippen molar-refractivity contribution in [2.75, 3.05) is 39.3 Å². The maximum atomic E-state index is 12.7. The van der Waals surface area contributed by atoms with Gasteiger partial charge < -0.3 is 9.73 Å². The zero-order valence-corrected chi connectivity index (χ0v) is 15.5. The summed E-state index contributed by atoms with van der Waals surface area (Å²) in [5.41, 5.74) is 1.03. The molecule has 8 heteroatoms. The molecule has 2 aromatic rings. The second-order valence-electron chi connectivity index (χ2n) is 6.29. The topological polar surface area (TPSA) is 82.9 Å². The number of carbonyl (C=O) groups is 1. The van der Waals surface area contributed by atoms with Gasteiger partial charge in [-0.15, -0.1) is 0 Å². The van der Waals surface area contributed by atoms with Gasteiger partial charge in [0.1, 0.15) is 0 Å². The molecular formula is C18H23N3O4S. The molecule has 1 aliphatic heterocycles. The van der Waals surface area contributed by atoms with Gasteiger partial charge in [-0.1, -0.05) is 17.7 Å². The average molecular weight is 377 g/mol. The summed E-state index contributed by atoms with van der Waals surface area (Å²) in [6.07, 6.45) is 1.46. The third kappa shape index (κ3) is 4.32. The number of benzene rings is 1. The minimum absolute atomic E-state index is 0.240. The molecule has 1 amide bonds. The first-order chi connectivity index (χ1) is 12.5. The van der Waals surface area contributed by atoms with E-state index in [4.69, 9.17) is 4.42 Å². The Kier molecular flexibility index (Phi) is 5.75. The highest BCUT2D eigenvalue weighted by Gasteiger charge is 2.28. The molecule has 1 N–H and O–H groups in total. The average Bonchev–Trinajstić information content (AvgIpc) is 3.17. The molecule has 3 rings (SSSR count). The molecular weight excluding hydrogens is 354 g/mol. The van der Waals surface area contributed by atoms with Crippen molar-refractivity contribution in [2.45, 2.75) is 11.8 Å². The van der Waals surface area contributed by atoms with Crippen LogP contribution in [0.5, 0.6) is 0 Å². The first-order valence-corrected chi connectivity index (χ1v) is 10.0. The molecule has 1 aliphatic rings. The molecule has 2 heterocycles. The Balaban J connectivity index is 1.46. The van der Waals surface area contributed by atoms with Gasteiger partial charge in [0.05, 0.1) is 11.2 Å². The number of aryl methyl sites for hydroxylation is 1. The Bertz CT molecular complexity index is 824. The molecule has 140 valence electrons. The number of piperazine rings is 1. The highest BCUT2D eigenvalue weighted by atomic mass is 32.2. The van der Waals surface area contributed by atoms with Gasteiger partial charge in [0.25, 0.3) is 5.91 Å². The van der Waals surface area contributed by atoms with Crippen molar-refractivity contribution in [3.63, 3.8) is 0 Å². The van der Waals surface area contributed by atoms with E-state index in [0.717, 1.165) is 5.56 Å². The van der Waals surface area contributed by atoms with Crippen molar-refractivity contribution in [3.05, 3.63) is 54.0 Å². The second kappa shape index (κ2) is 8.03. The number of nitrogens with zero attached hydrogens (tertiary/aromatic N) is 2. The van der Waals surface area contributed by atoms with Gasteiger partial charge in [-0.05, 0) is 31.2 Å². The van der Waals surface area contributed by atoms with Crippen LogP contribution in [0, 0.1) is 6.92 Å². The fraction of sp³-hybridized carbons (Fsp3) is 0.389. The predicted octanol–water partition coefficient (Wildman–Crippen LogP) is 1.32. The zero-order chi connectivity index (χ0) is 18.6. The van der Waals surface area contributed by atoms with E-state index in [0.29, 0.717) is 49.9 Å². The summed E-state index contributed by atoms with van der Waals surface area (Å²) in [5.74, 6) is 0.0506. The molecule has 0 atom stereocenters. The molecule has 0 radical (unpaired) electrons. The van der Waals surface area contributed by atoms with E-state index in [1.54, 1.807) is 24.3 Å². The first kappa shape index (κ1) is 18.6. The maximum Gasteiger partial charge on any atom is 0.287 e. The van der Waals surface area contributed by atoms with Crippen LogP contribution in [0.25, 0.3) is 0 Å². The van der Waals surface area contributed by atoms with Crippen LogP contribution in [0.3, 0.4) is 0 Å². The number of rotatable bonds is 6. The molecule has 1 saturated heterocycles. The van der Waals surface area contributed by atoms with Crippen LogP contribution in [-0.2, 0) is 10.0 Å². The summed E-state index contributed by atoms with van der Waals surface area (Å²) in [7, 11) is -3.44. The van der Waals surface area contributed by atoms with Gasteiger partial charge >= 0.3 is 0 Å². The SMILES string of the molecule is Cc1ccc(S(=O)(=O)N2CCN(CCNC(=O)c3ccco3)CC2)cc1. The Morgan fingerprint density at radius 1 is 1.12 bits per heavy atom. The molecule has 7 nitrogen and oxygen atoms in total. The van der Waals surface area contributed by atoms with Crippen molar-refractivity contribution >= 4 is 15.9 Å². The zero-order valence-electron chi connectivity index (χ0n) is 14.7. The summed E-state index contributed by atoms with van der Waals surface area (Å²) >= 11 is 0. The van der Waals surface area contributed by atoms with Crippen LogP contribution in [-0.4, -0.2) is 62.8 Å². The minimum atomic E-state index is -3.44. The number of hydrogen-bond donors (Lipinski definition) is 1. The molecule has 26 heavy (non-hydrogen) atoms. The number of amides is 1. The molecule has 1 aromatic carbocycles. The van der Waals surface area contributed by atoms with E-state index >= 15 is 0 Å². The summed E-state index contributed by atoms with van der Waals surface area (Å²) in [6.45, 7) is 5.27. The van der Waals surface area contributed by atoms with Gasteiger partial charge in [-0.25, -0.2) is 8.42 Å². The van der Waals surface area contributed by atoms with Crippen LogP contribution < -0.4 is 5.32 Å². The van der Waals surface area contributed by atoms with Crippen LogP contribution in [0.2, 0.25) is 0 Å². The van der Waals surface area contributed by atoms with Crippen molar-refractivity contribution in [3.8, 4) is 0 Å². The maximum absolute atomic E-state index is 12.7. The third-order valence-corrected chi connectivity index (χ3v) is 6.36. The summed E-state index contributed by atoms with van der Waals surface area (Å²) in [5, 5.41) is 2.80. The minimum Gasteiger partial charge on any atom is -0.459 e. The first-order valence-electron chi connectivity index (χ1n) is 8.58. The molecule has 0 aliphatic carbocycles. The van der Waals surface area contributed by atoms with E-state index in [1.807, 2.05) is 19.1 Å². The molecule has 0 bridgehead atoms. The lowest BCUT2D eigenvalue weighted by molar-refractivity contribution is 0.0917. The normalized spacial score (nSPS) is 16.5. The largest absolute Gasteiger partial charge is 0.459 e. The number of furan rings is 1. The van der Waals surface area contributed by atoms with Crippen LogP contribution in [0.4, 0.5) is 0 Å². The highest BCUT2D eigenvalue weighted by molar-refractivity contribution is 7.89. The summed E-state index contributed by atoms with van der Waals surface area (Å²) in [4.78, 5) is 14.3. The lowest BCUT2D eigenvalue weighted by atomic mass is 10.2. The van der Waals surface area contributed by atoms with Crippen LogP contribution in [0.15, 0.2) is 52.0 Å². The fourth-order valence-corrected chi connectivity index (χ4v) is 4.30. The van der Waals surface area contributed by atoms with Crippen molar-refractivity contribution in [1.82, 2.24) is 14.5 Å². The third-order valence-electron chi connectivity index (χ3n) is 4.45. The van der Waals surface area contributed by atoms with Gasteiger partial charge in [-0.2, -0.15) is 4.31 Å². The monoisotopic (exact) mass is 377 g/mol. The van der Waals surface area contributed by atoms with Gasteiger partial charge in [0.15, 0.2) is 5.76 Å². The van der Waals surface area contributed by atoms with Crippen LogP contribution >= 0.6 is 0 Å². The van der Waals surface area contributed by atoms with Crippen molar-refractivity contribution in [1.29, 1.82) is 0 Å². The summed E-state index contributed by atoms with van der Waals surface area (Å²) < 4.78 is 31.9. The van der Waals surface area contributed by atoms with E-state index in [9.17, 15) is 13.2 Å². The van der Waals surface area contributed by atoms with E-state index in [1.165, 1.54) is 10.6 Å². The quantitative estimate of drug-likeness (QED) is 0.821. The van der Waals surface area contributed by atoms with E-state index in [2.05, 4.69) is 10.2 Å². The van der Waals surface area contributed by atoms with E-state index < -0.39 is 10.0 Å². The fourth-order valence-electron chi connectivity index (χ4n) is 2.88. The Hall–Kier alpha value is -2.16. The lowest BCUT2D eigenvalue weighted by Crippen LogP contribution is -2.50. The summed E-state index contributed by atoms with van der Waals surface area (Å²) in [6, 6.07) is 10.2. The molecule has 0 saturated carbocycles. The molecule has 1 fully saturated rings. The second-order valence-corrected chi connectivity index (χ2v) is 8.23. The predicted molar refractivity (Wildman–Crippen MR) is 97.4 cm³/mol. The van der Waals surface area contributed by atoms with Gasteiger partial charge in [0, 0.05) is 39.3 Å². The Morgan fingerprint density at radius 3 is 2.42 bits per heavy atom. The number of carbonyl (C=O) groups excluding carboxylic acids is 1. The lowest BCUT2D eigenvalue weighted by Gasteiger charge is -2.33. The molecule has 0 unspecified atom stereocenters. The number of nitrogens with one attached hydrogen (secondary N) is 1. The van der Waals surface area contributed by atoms with Gasteiger partial charge in [-0.3, -0.25) is 9.69 Å². The highest BCUT2D eigenvalue weighted by Crippen LogP contribution is 2.18. The smallest absolute Gasteiger partial charge is 0.287 e. The van der Waals surface area contributed by atoms with Crippen molar-refractivity contribution in [2.24, 2.45) is 0 Å². The Labute approximate surface area is 153 Å². The molecule has 1 aromatic heterocycles. The van der Waals surface area contributed by atoms with Gasteiger partial charge in [0.2, 0.25) is 10.0 Å².